The molecule has 0 aromatic heterocycles. The van der Waals surface area contributed by atoms with E-state index in [1.54, 1.807) is 37.3 Å². The normalized spacial score (nSPS) is 25.8. The van der Waals surface area contributed by atoms with E-state index in [2.05, 4.69) is 5.32 Å². The van der Waals surface area contributed by atoms with Crippen LogP contribution in [0.2, 0.25) is 0 Å². The van der Waals surface area contributed by atoms with E-state index >= 15 is 0 Å². The molecule has 4 atom stereocenters. The van der Waals surface area contributed by atoms with Gasteiger partial charge in [0.25, 0.3) is 5.91 Å². The number of carboxylic acid groups (broad SMARTS) is 1. The van der Waals surface area contributed by atoms with Crippen LogP contribution >= 0.6 is 0 Å². The summed E-state index contributed by atoms with van der Waals surface area (Å²) in [5, 5.41) is 12.0. The molecule has 2 N–H and O–H groups in total. The largest absolute Gasteiger partial charge is 0.478 e. The number of aromatic carboxylic acids is 1. The third-order valence-electron chi connectivity index (χ3n) is 6.49. The van der Waals surface area contributed by atoms with Gasteiger partial charge in [-0.2, -0.15) is 0 Å². The Kier molecular flexibility index (Phi) is 4.28. The quantitative estimate of drug-likeness (QED) is 0.588. The highest BCUT2D eigenvalue weighted by Gasteiger charge is 2.59. The second kappa shape index (κ2) is 6.91. The zero-order chi connectivity index (χ0) is 21.9. The third kappa shape index (κ3) is 2.96. The standard InChI is InChI=1S/C24H20N2O5/c1-12-5-8-17(24(30)31)18(9-12)25-21(27)15-3-2-4-16(11-15)26-22(28)19-13-6-7-14(10-13)20(19)23(26)29/h2-9,11,13-14,19-20H,10H2,1H3,(H,25,27)(H,30,31)/t13-,14-,19-,20-/m0/s1. The first-order valence-corrected chi connectivity index (χ1v) is 10.2. The number of carboxylic acids is 1. The van der Waals surface area contributed by atoms with Crippen molar-refractivity contribution in [2.45, 2.75) is 13.3 Å². The molecule has 0 spiro atoms. The number of amides is 3. The van der Waals surface area contributed by atoms with E-state index in [1.807, 2.05) is 12.2 Å². The van der Waals surface area contributed by atoms with Crippen LogP contribution in [0.5, 0.6) is 0 Å². The van der Waals surface area contributed by atoms with Crippen molar-refractivity contribution in [1.29, 1.82) is 0 Å². The molecule has 31 heavy (non-hydrogen) atoms. The minimum Gasteiger partial charge on any atom is -0.478 e. The lowest BCUT2D eigenvalue weighted by molar-refractivity contribution is -0.123. The fourth-order valence-electron chi connectivity index (χ4n) is 5.09. The molecule has 1 saturated carbocycles. The monoisotopic (exact) mass is 416 g/mol. The SMILES string of the molecule is Cc1ccc(C(=O)O)c(NC(=O)c2cccc(N3C(=O)[C@@H]4[C@@H](C3=O)[C@H]3C=C[C@H]4C3)c2)c1. The zero-order valence-electron chi connectivity index (χ0n) is 16.7. The van der Waals surface area contributed by atoms with Crippen LogP contribution in [0.15, 0.2) is 54.6 Å². The van der Waals surface area contributed by atoms with Crippen LogP contribution in [-0.4, -0.2) is 28.8 Å². The van der Waals surface area contributed by atoms with Gasteiger partial charge >= 0.3 is 5.97 Å². The minimum atomic E-state index is -1.15. The van der Waals surface area contributed by atoms with Gasteiger partial charge in [-0.15, -0.1) is 0 Å². The molecule has 1 heterocycles. The summed E-state index contributed by atoms with van der Waals surface area (Å²) in [4.78, 5) is 51.6. The van der Waals surface area contributed by atoms with E-state index < -0.39 is 11.9 Å². The average Bonchev–Trinajstić information content (AvgIpc) is 3.41. The molecule has 2 aromatic rings. The van der Waals surface area contributed by atoms with E-state index in [1.165, 1.54) is 17.0 Å². The Morgan fingerprint density at radius 2 is 1.68 bits per heavy atom. The summed E-state index contributed by atoms with van der Waals surface area (Å²) >= 11 is 0. The molecule has 7 heteroatoms. The van der Waals surface area contributed by atoms with E-state index in [0.29, 0.717) is 5.69 Å². The molecular weight excluding hydrogens is 396 g/mol. The topological polar surface area (TPSA) is 104 Å². The van der Waals surface area contributed by atoms with Gasteiger partial charge in [-0.3, -0.25) is 14.4 Å². The molecule has 1 saturated heterocycles. The summed E-state index contributed by atoms with van der Waals surface area (Å²) in [6.07, 6.45) is 4.92. The number of nitrogens with one attached hydrogen (secondary N) is 1. The van der Waals surface area contributed by atoms with E-state index in [-0.39, 0.29) is 52.3 Å². The number of hydrogen-bond acceptors (Lipinski definition) is 4. The number of carbonyl (C=O) groups is 4. The van der Waals surface area contributed by atoms with E-state index in [9.17, 15) is 24.3 Å². The number of hydrogen-bond donors (Lipinski definition) is 2. The number of rotatable bonds is 4. The van der Waals surface area contributed by atoms with Gasteiger partial charge in [-0.25, -0.2) is 9.69 Å². The van der Waals surface area contributed by atoms with Gasteiger partial charge in [0.1, 0.15) is 0 Å². The first-order chi connectivity index (χ1) is 14.8. The van der Waals surface area contributed by atoms with Gasteiger partial charge in [0.2, 0.25) is 11.8 Å². The average molecular weight is 416 g/mol. The minimum absolute atomic E-state index is 0.0178. The molecule has 0 unspecified atom stereocenters. The molecule has 2 aliphatic carbocycles. The fraction of sp³-hybridized carbons (Fsp3) is 0.250. The number of carbonyl (C=O) groups excluding carboxylic acids is 3. The predicted molar refractivity (Wildman–Crippen MR) is 113 cm³/mol. The summed E-state index contributed by atoms with van der Waals surface area (Å²) < 4.78 is 0. The Bertz CT molecular complexity index is 1150. The lowest BCUT2D eigenvalue weighted by Crippen LogP contribution is -2.33. The van der Waals surface area contributed by atoms with E-state index in [0.717, 1.165) is 12.0 Å². The van der Waals surface area contributed by atoms with Crippen LogP contribution in [0.4, 0.5) is 11.4 Å². The molecular formula is C24H20N2O5. The fourth-order valence-corrected chi connectivity index (χ4v) is 5.09. The van der Waals surface area contributed by atoms with Crippen molar-refractivity contribution in [3.05, 3.63) is 71.3 Å². The van der Waals surface area contributed by atoms with E-state index in [4.69, 9.17) is 0 Å². The first kappa shape index (κ1) is 19.2. The Morgan fingerprint density at radius 3 is 2.32 bits per heavy atom. The summed E-state index contributed by atoms with van der Waals surface area (Å²) in [5.41, 5.74) is 1.56. The molecule has 2 aromatic carbocycles. The number of fused-ring (bicyclic) bond motifs is 5. The lowest BCUT2D eigenvalue weighted by Gasteiger charge is -2.18. The molecule has 3 amide bonds. The van der Waals surface area contributed by atoms with Crippen molar-refractivity contribution >= 4 is 35.1 Å². The second-order valence-electron chi connectivity index (χ2n) is 8.37. The molecule has 3 aliphatic rings. The predicted octanol–water partition coefficient (Wildman–Crippen LogP) is 3.26. The van der Waals surface area contributed by atoms with Gasteiger partial charge in [0.05, 0.1) is 28.8 Å². The van der Waals surface area contributed by atoms with Crippen LogP contribution in [0.1, 0.15) is 32.7 Å². The first-order valence-electron chi connectivity index (χ1n) is 10.2. The summed E-state index contributed by atoms with van der Waals surface area (Å²) in [5.74, 6) is -2.50. The second-order valence-corrected chi connectivity index (χ2v) is 8.37. The van der Waals surface area contributed by atoms with Crippen molar-refractivity contribution in [2.24, 2.45) is 23.7 Å². The molecule has 2 bridgehead atoms. The smallest absolute Gasteiger partial charge is 0.337 e. The number of nitrogens with zero attached hydrogens (tertiary/aromatic N) is 1. The number of anilines is 2. The maximum Gasteiger partial charge on any atom is 0.337 e. The van der Waals surface area contributed by atoms with Crippen LogP contribution < -0.4 is 10.2 Å². The highest BCUT2D eigenvalue weighted by atomic mass is 16.4. The number of imide groups is 1. The van der Waals surface area contributed by atoms with Gasteiger partial charge in [0.15, 0.2) is 0 Å². The van der Waals surface area contributed by atoms with Crippen molar-refractivity contribution < 1.29 is 24.3 Å². The van der Waals surface area contributed by atoms with Gasteiger partial charge < -0.3 is 10.4 Å². The lowest BCUT2D eigenvalue weighted by atomic mass is 9.85. The number of aryl methyl sites for hydroxylation is 1. The summed E-state index contributed by atoms with van der Waals surface area (Å²) in [7, 11) is 0. The number of benzene rings is 2. The Labute approximate surface area is 178 Å². The summed E-state index contributed by atoms with van der Waals surface area (Å²) in [6, 6.07) is 11.0. The van der Waals surface area contributed by atoms with Gasteiger partial charge in [-0.05, 0) is 61.1 Å². The van der Waals surface area contributed by atoms with Crippen LogP contribution in [0, 0.1) is 30.6 Å². The van der Waals surface area contributed by atoms with Crippen LogP contribution in [0.3, 0.4) is 0 Å². The van der Waals surface area contributed by atoms with Gasteiger partial charge in [0, 0.05) is 5.56 Å². The maximum atomic E-state index is 13.0. The highest BCUT2D eigenvalue weighted by Crippen LogP contribution is 2.53. The summed E-state index contributed by atoms with van der Waals surface area (Å²) in [6.45, 7) is 1.80. The van der Waals surface area contributed by atoms with Crippen LogP contribution in [-0.2, 0) is 9.59 Å². The molecule has 1 aliphatic heterocycles. The van der Waals surface area contributed by atoms with Crippen molar-refractivity contribution in [3.63, 3.8) is 0 Å². The van der Waals surface area contributed by atoms with Crippen molar-refractivity contribution in [1.82, 2.24) is 0 Å². The maximum absolute atomic E-state index is 13.0. The Balaban J connectivity index is 1.42. The Hall–Kier alpha value is -3.74. The molecule has 0 radical (unpaired) electrons. The van der Waals surface area contributed by atoms with Crippen molar-refractivity contribution in [2.75, 3.05) is 10.2 Å². The Morgan fingerprint density at radius 1 is 1.00 bits per heavy atom. The molecule has 2 fully saturated rings. The van der Waals surface area contributed by atoms with Crippen molar-refractivity contribution in [3.8, 4) is 0 Å². The molecule has 7 nitrogen and oxygen atoms in total. The van der Waals surface area contributed by atoms with Gasteiger partial charge in [-0.1, -0.05) is 24.3 Å². The van der Waals surface area contributed by atoms with Crippen LogP contribution in [0.25, 0.3) is 0 Å². The molecule has 5 rings (SSSR count). The highest BCUT2D eigenvalue weighted by molar-refractivity contribution is 6.23. The number of allylic oxidation sites excluding steroid dienone is 2. The molecule has 156 valence electrons. The zero-order valence-corrected chi connectivity index (χ0v) is 16.7. The third-order valence-corrected chi connectivity index (χ3v) is 6.49.